The third kappa shape index (κ3) is 5.01. The van der Waals surface area contributed by atoms with E-state index in [0.29, 0.717) is 16.5 Å². The standard InChI is InChI=1S/C19H21ClN4O2S.ClH.H2O/c1-13-21-17-11-15(12-27(25,26)16-7-5-14(20)6-8-16)23-18(17)19(22-13)24-9-3-2-4-10-24;;/h5-8,11,23H,2-4,9-10,12H2,1H3;1H;1H2. The Bertz CT molecular complexity index is 1080. The first-order valence-electron chi connectivity index (χ1n) is 9.02. The minimum Gasteiger partial charge on any atom is -0.412 e. The van der Waals surface area contributed by atoms with E-state index in [1.54, 1.807) is 12.1 Å². The van der Waals surface area contributed by atoms with Crippen molar-refractivity contribution in [1.82, 2.24) is 15.0 Å². The van der Waals surface area contributed by atoms with E-state index >= 15 is 0 Å². The van der Waals surface area contributed by atoms with Gasteiger partial charge < -0.3 is 15.4 Å². The van der Waals surface area contributed by atoms with Crippen molar-refractivity contribution < 1.29 is 13.9 Å². The molecule has 1 aromatic carbocycles. The molecule has 0 amide bonds. The van der Waals surface area contributed by atoms with E-state index in [9.17, 15) is 8.42 Å². The molecule has 29 heavy (non-hydrogen) atoms. The number of nitrogens with zero attached hydrogens (tertiary/aromatic N) is 3. The van der Waals surface area contributed by atoms with Crippen molar-refractivity contribution in [2.24, 2.45) is 0 Å². The van der Waals surface area contributed by atoms with E-state index in [1.165, 1.54) is 18.6 Å². The molecular weight excluding hydrogens is 435 g/mol. The fraction of sp³-hybridized carbons (Fsp3) is 0.368. The van der Waals surface area contributed by atoms with Gasteiger partial charge in [0.2, 0.25) is 0 Å². The summed E-state index contributed by atoms with van der Waals surface area (Å²) >= 11 is 5.86. The zero-order valence-corrected chi connectivity index (χ0v) is 18.4. The number of rotatable bonds is 4. The lowest BCUT2D eigenvalue weighted by Gasteiger charge is -2.28. The van der Waals surface area contributed by atoms with Gasteiger partial charge in [0.1, 0.15) is 11.3 Å². The molecule has 1 fully saturated rings. The third-order valence-electron chi connectivity index (χ3n) is 4.80. The van der Waals surface area contributed by atoms with Crippen LogP contribution in [0.3, 0.4) is 0 Å². The molecule has 4 rings (SSSR count). The number of aromatic amines is 1. The van der Waals surface area contributed by atoms with E-state index in [4.69, 9.17) is 11.6 Å². The summed E-state index contributed by atoms with van der Waals surface area (Å²) in [5, 5.41) is 0.511. The number of piperidine rings is 1. The fourth-order valence-electron chi connectivity index (χ4n) is 3.51. The van der Waals surface area contributed by atoms with Crippen LogP contribution >= 0.6 is 24.0 Å². The van der Waals surface area contributed by atoms with Gasteiger partial charge >= 0.3 is 0 Å². The molecule has 0 unspecified atom stereocenters. The lowest BCUT2D eigenvalue weighted by Crippen LogP contribution is -2.30. The molecule has 10 heteroatoms. The number of fused-ring (bicyclic) bond motifs is 1. The van der Waals surface area contributed by atoms with E-state index in [2.05, 4.69) is 19.9 Å². The van der Waals surface area contributed by atoms with Crippen molar-refractivity contribution in [1.29, 1.82) is 0 Å². The number of H-pyrrole nitrogens is 1. The lowest BCUT2D eigenvalue weighted by atomic mass is 10.1. The summed E-state index contributed by atoms with van der Waals surface area (Å²) in [5.41, 5.74) is 2.17. The highest BCUT2D eigenvalue weighted by Crippen LogP contribution is 2.28. The Morgan fingerprint density at radius 3 is 2.41 bits per heavy atom. The topological polar surface area (TPSA) is 110 Å². The van der Waals surface area contributed by atoms with Crippen molar-refractivity contribution in [2.45, 2.75) is 36.8 Å². The fourth-order valence-corrected chi connectivity index (χ4v) is 4.92. The summed E-state index contributed by atoms with van der Waals surface area (Å²) in [4.78, 5) is 14.9. The number of halogens is 2. The highest BCUT2D eigenvalue weighted by Gasteiger charge is 2.21. The predicted octanol–water partition coefficient (Wildman–Crippen LogP) is 3.48. The quantitative estimate of drug-likeness (QED) is 0.642. The second-order valence-electron chi connectivity index (χ2n) is 6.91. The van der Waals surface area contributed by atoms with E-state index in [1.807, 2.05) is 13.0 Å². The van der Waals surface area contributed by atoms with Crippen molar-refractivity contribution in [3.63, 3.8) is 0 Å². The summed E-state index contributed by atoms with van der Waals surface area (Å²) in [6.07, 6.45) is 3.52. The van der Waals surface area contributed by atoms with Crippen LogP contribution in [0.4, 0.5) is 5.82 Å². The van der Waals surface area contributed by atoms with Gasteiger partial charge in [-0.1, -0.05) is 11.6 Å². The number of hydrogen-bond acceptors (Lipinski definition) is 5. The molecule has 0 radical (unpaired) electrons. The maximum atomic E-state index is 12.7. The van der Waals surface area contributed by atoms with Crippen LogP contribution in [0.5, 0.6) is 0 Å². The monoisotopic (exact) mass is 458 g/mol. The molecule has 0 atom stereocenters. The van der Waals surface area contributed by atoms with Crippen LogP contribution in [0.2, 0.25) is 5.02 Å². The molecule has 0 saturated carbocycles. The highest BCUT2D eigenvalue weighted by atomic mass is 35.5. The Morgan fingerprint density at radius 2 is 1.76 bits per heavy atom. The van der Waals surface area contributed by atoms with Crippen LogP contribution in [0.1, 0.15) is 30.8 Å². The zero-order chi connectivity index (χ0) is 19.0. The second kappa shape index (κ2) is 9.30. The molecule has 1 aliphatic heterocycles. The zero-order valence-electron chi connectivity index (χ0n) is 16.0. The number of hydrogen-bond donors (Lipinski definition) is 1. The van der Waals surface area contributed by atoms with Gasteiger partial charge in [0.25, 0.3) is 0 Å². The van der Waals surface area contributed by atoms with Crippen molar-refractivity contribution in [2.75, 3.05) is 18.0 Å². The first-order valence-corrected chi connectivity index (χ1v) is 11.0. The molecule has 0 aliphatic carbocycles. The van der Waals surface area contributed by atoms with Crippen LogP contribution in [0.25, 0.3) is 11.0 Å². The highest BCUT2D eigenvalue weighted by molar-refractivity contribution is 7.90. The summed E-state index contributed by atoms with van der Waals surface area (Å²) < 4.78 is 25.5. The van der Waals surface area contributed by atoms with Crippen LogP contribution in [0.15, 0.2) is 35.2 Å². The largest absolute Gasteiger partial charge is 0.412 e. The SMILES string of the molecule is Cc1nc(N2CCCCC2)c2[nH]c(CS(=O)(=O)c3ccc(Cl)cc3)cc2n1.Cl.O. The molecule has 2 aromatic heterocycles. The van der Waals surface area contributed by atoms with Gasteiger partial charge in [-0.05, 0) is 56.5 Å². The van der Waals surface area contributed by atoms with Gasteiger partial charge in [-0.15, -0.1) is 12.4 Å². The number of benzene rings is 1. The van der Waals surface area contributed by atoms with Gasteiger partial charge in [-0.25, -0.2) is 18.4 Å². The molecule has 158 valence electrons. The van der Waals surface area contributed by atoms with Gasteiger partial charge in [0.05, 0.1) is 16.2 Å². The lowest BCUT2D eigenvalue weighted by molar-refractivity contribution is 0.574. The molecule has 3 aromatic rings. The van der Waals surface area contributed by atoms with Crippen molar-refractivity contribution in [3.8, 4) is 0 Å². The molecule has 3 heterocycles. The molecule has 0 spiro atoms. The number of aryl methyl sites for hydroxylation is 1. The molecule has 0 bridgehead atoms. The summed E-state index contributed by atoms with van der Waals surface area (Å²) in [5.74, 6) is 1.44. The minimum atomic E-state index is -3.48. The first-order chi connectivity index (χ1) is 12.9. The van der Waals surface area contributed by atoms with Crippen molar-refractivity contribution in [3.05, 3.63) is 46.9 Å². The predicted molar refractivity (Wildman–Crippen MR) is 118 cm³/mol. The summed E-state index contributed by atoms with van der Waals surface area (Å²) in [6.45, 7) is 3.79. The second-order valence-corrected chi connectivity index (χ2v) is 9.34. The number of anilines is 1. The maximum Gasteiger partial charge on any atom is 0.183 e. The Morgan fingerprint density at radius 1 is 1.10 bits per heavy atom. The number of sulfone groups is 1. The molecular formula is C19H24Cl2N4O3S. The van der Waals surface area contributed by atoms with Crippen LogP contribution in [-0.2, 0) is 15.6 Å². The molecule has 1 saturated heterocycles. The van der Waals surface area contributed by atoms with Gasteiger partial charge in [0, 0.05) is 23.8 Å². The Labute approximate surface area is 181 Å². The van der Waals surface area contributed by atoms with Crippen LogP contribution in [-0.4, -0.2) is 41.9 Å². The third-order valence-corrected chi connectivity index (χ3v) is 6.73. The van der Waals surface area contributed by atoms with Gasteiger partial charge in [0.15, 0.2) is 15.7 Å². The molecule has 3 N–H and O–H groups in total. The smallest absolute Gasteiger partial charge is 0.183 e. The van der Waals surface area contributed by atoms with Gasteiger partial charge in [-0.2, -0.15) is 0 Å². The van der Waals surface area contributed by atoms with Crippen molar-refractivity contribution >= 4 is 50.7 Å². The molecule has 7 nitrogen and oxygen atoms in total. The average Bonchev–Trinajstić information content (AvgIpc) is 3.03. The normalized spacial score (nSPS) is 14.3. The Balaban J connectivity index is 0.00000150. The van der Waals surface area contributed by atoms with Crippen LogP contribution in [0, 0.1) is 6.92 Å². The summed E-state index contributed by atoms with van der Waals surface area (Å²) in [7, 11) is -3.48. The Kier molecular flexibility index (Phi) is 7.50. The first kappa shape index (κ1) is 23.4. The van der Waals surface area contributed by atoms with Crippen LogP contribution < -0.4 is 4.90 Å². The van der Waals surface area contributed by atoms with E-state index < -0.39 is 9.84 Å². The summed E-state index contributed by atoms with van der Waals surface area (Å²) in [6, 6.07) is 8.05. The Hall–Kier alpha value is -1.87. The van der Waals surface area contributed by atoms with E-state index in [0.717, 1.165) is 42.8 Å². The average molecular weight is 459 g/mol. The van der Waals surface area contributed by atoms with Gasteiger partial charge in [-0.3, -0.25) is 0 Å². The molecule has 1 aliphatic rings. The maximum absolute atomic E-state index is 12.7. The van der Waals surface area contributed by atoms with E-state index in [-0.39, 0.29) is 28.5 Å². The number of nitrogens with one attached hydrogen (secondary N) is 1. The minimum absolute atomic E-state index is 0. The number of aromatic nitrogens is 3.